The summed E-state index contributed by atoms with van der Waals surface area (Å²) >= 11 is 18.4. The molecule has 1 unspecified atom stereocenters. The lowest BCUT2D eigenvalue weighted by molar-refractivity contribution is 0.735. The van der Waals surface area contributed by atoms with Crippen LogP contribution in [0, 0.1) is 0 Å². The van der Waals surface area contributed by atoms with Gasteiger partial charge < -0.3 is 11.5 Å². The van der Waals surface area contributed by atoms with Crippen LogP contribution >= 0.6 is 47.2 Å². The van der Waals surface area contributed by atoms with Gasteiger partial charge in [-0.3, -0.25) is 0 Å². The fourth-order valence-electron chi connectivity index (χ4n) is 1.73. The number of allylic oxidation sites excluding steroid dienone is 2. The van der Waals surface area contributed by atoms with Crippen molar-refractivity contribution in [2.24, 2.45) is 5.73 Å². The maximum Gasteiger partial charge on any atom is 0.116 e. The Balaban J connectivity index is 0.00000162. The lowest BCUT2D eigenvalue weighted by Crippen LogP contribution is -2.32. The molecule has 0 aromatic heterocycles. The largest absolute Gasteiger partial charge is 0.399 e. The average Bonchev–Trinajstić information content (AvgIpc) is 2.18. The highest BCUT2D eigenvalue weighted by Gasteiger charge is 2.28. The molecule has 0 aliphatic heterocycles. The molecule has 2 nitrogen and oxygen atoms in total. The quantitative estimate of drug-likeness (QED) is 0.464. The number of alkyl halides is 1. The van der Waals surface area contributed by atoms with E-state index in [0.717, 1.165) is 11.1 Å². The summed E-state index contributed by atoms with van der Waals surface area (Å²) in [6.07, 6.45) is 1.96. The molecule has 0 bridgehead atoms. The highest BCUT2D eigenvalue weighted by molar-refractivity contribution is 6.44. The molecule has 0 spiro atoms. The minimum absolute atomic E-state index is 0. The number of nitrogen functional groups attached to an aromatic ring is 1. The van der Waals surface area contributed by atoms with Gasteiger partial charge in [0.15, 0.2) is 0 Å². The zero-order valence-corrected chi connectivity index (χ0v) is 12.4. The van der Waals surface area contributed by atoms with E-state index < -0.39 is 5.00 Å². The maximum absolute atomic E-state index is 6.20. The molecule has 2 rings (SSSR count). The molecule has 1 aliphatic carbocycles. The molecule has 1 aromatic carbocycles. The average molecular weight is 326 g/mol. The van der Waals surface area contributed by atoms with E-state index in [4.69, 9.17) is 46.3 Å². The van der Waals surface area contributed by atoms with Gasteiger partial charge in [-0.1, -0.05) is 46.9 Å². The van der Waals surface area contributed by atoms with E-state index in [-0.39, 0.29) is 12.4 Å². The lowest BCUT2D eigenvalue weighted by atomic mass is 9.96. The first-order valence-corrected chi connectivity index (χ1v) is 6.13. The van der Waals surface area contributed by atoms with Gasteiger partial charge in [0, 0.05) is 27.7 Å². The third-order valence-electron chi connectivity index (χ3n) is 2.50. The summed E-state index contributed by atoms with van der Waals surface area (Å²) in [4.78, 5) is -1.01. The van der Waals surface area contributed by atoms with Gasteiger partial charge >= 0.3 is 0 Å². The van der Waals surface area contributed by atoms with Crippen LogP contribution in [-0.4, -0.2) is 5.00 Å². The summed E-state index contributed by atoms with van der Waals surface area (Å²) in [5.41, 5.74) is 13.8. The number of anilines is 1. The van der Waals surface area contributed by atoms with Crippen molar-refractivity contribution in [3.05, 3.63) is 46.0 Å². The van der Waals surface area contributed by atoms with Gasteiger partial charge in [-0.15, -0.1) is 12.4 Å². The number of rotatable bonds is 1. The first kappa shape index (κ1) is 15.7. The molecule has 0 fully saturated rings. The fraction of sp³-hybridized carbons (Fsp3) is 0.167. The topological polar surface area (TPSA) is 52.0 Å². The predicted molar refractivity (Wildman–Crippen MR) is 82.2 cm³/mol. The molecule has 6 heteroatoms. The van der Waals surface area contributed by atoms with Gasteiger partial charge in [0.25, 0.3) is 0 Å². The molecule has 0 saturated carbocycles. The fourth-order valence-corrected chi connectivity index (χ4v) is 3.00. The molecular formula is C12H12Cl4N2. The van der Waals surface area contributed by atoms with Crippen molar-refractivity contribution in [3.63, 3.8) is 0 Å². The van der Waals surface area contributed by atoms with E-state index in [0.29, 0.717) is 22.2 Å². The van der Waals surface area contributed by atoms with Crippen LogP contribution < -0.4 is 11.5 Å². The highest BCUT2D eigenvalue weighted by atomic mass is 35.5. The smallest absolute Gasteiger partial charge is 0.116 e. The number of halogens is 4. The van der Waals surface area contributed by atoms with Gasteiger partial charge in [-0.25, -0.2) is 0 Å². The Kier molecular flexibility index (Phi) is 4.98. The minimum Gasteiger partial charge on any atom is -0.399 e. The van der Waals surface area contributed by atoms with E-state index in [1.54, 1.807) is 18.2 Å². The molecule has 1 aromatic rings. The number of benzene rings is 1. The first-order valence-electron chi connectivity index (χ1n) is 5.00. The second-order valence-corrected chi connectivity index (χ2v) is 5.56. The van der Waals surface area contributed by atoms with E-state index >= 15 is 0 Å². The predicted octanol–water partition coefficient (Wildman–Crippen LogP) is 4.06. The van der Waals surface area contributed by atoms with Crippen LogP contribution in [0.2, 0.25) is 0 Å². The van der Waals surface area contributed by atoms with E-state index in [2.05, 4.69) is 0 Å². The molecule has 4 N–H and O–H groups in total. The number of hydrogen-bond donors (Lipinski definition) is 2. The molecule has 98 valence electrons. The van der Waals surface area contributed by atoms with Crippen LogP contribution in [-0.2, 0) is 0 Å². The Hall–Kier alpha value is -0.380. The number of nitrogens with two attached hydrogens (primary N) is 2. The van der Waals surface area contributed by atoms with Crippen molar-refractivity contribution in [3.8, 4) is 0 Å². The summed E-state index contributed by atoms with van der Waals surface area (Å²) in [6.45, 7) is 0. The summed E-state index contributed by atoms with van der Waals surface area (Å²) in [5, 5.41) is 1.02. The summed E-state index contributed by atoms with van der Waals surface area (Å²) in [7, 11) is 0. The minimum atomic E-state index is -1.01. The van der Waals surface area contributed by atoms with E-state index in [1.807, 2.05) is 12.1 Å². The molecule has 0 heterocycles. The standard InChI is InChI=1S/C12H11Cl3N2.ClH/c13-9-5-12(15,17)6-10(14)11(9)7-1-3-8(16)4-2-7;/h1-5H,6,16-17H2;1H. The van der Waals surface area contributed by atoms with Gasteiger partial charge in [-0.2, -0.15) is 0 Å². The van der Waals surface area contributed by atoms with Crippen LogP contribution in [0.4, 0.5) is 5.69 Å². The van der Waals surface area contributed by atoms with Crippen LogP contribution in [0.25, 0.3) is 5.57 Å². The Labute approximate surface area is 127 Å². The molecular weight excluding hydrogens is 314 g/mol. The van der Waals surface area contributed by atoms with Crippen molar-refractivity contribution in [1.82, 2.24) is 0 Å². The third-order valence-corrected chi connectivity index (χ3v) is 3.37. The van der Waals surface area contributed by atoms with Gasteiger partial charge in [0.2, 0.25) is 0 Å². The first-order chi connectivity index (χ1) is 7.89. The second-order valence-electron chi connectivity index (χ2n) is 4.00. The normalized spacial score (nSPS) is 23.4. The maximum atomic E-state index is 6.20. The van der Waals surface area contributed by atoms with Crippen LogP contribution in [0.1, 0.15) is 12.0 Å². The monoisotopic (exact) mass is 324 g/mol. The molecule has 0 saturated heterocycles. The zero-order valence-electron chi connectivity index (χ0n) is 9.29. The Morgan fingerprint density at radius 3 is 2.17 bits per heavy atom. The highest BCUT2D eigenvalue weighted by Crippen LogP contribution is 2.41. The van der Waals surface area contributed by atoms with Crippen molar-refractivity contribution >= 4 is 58.5 Å². The van der Waals surface area contributed by atoms with Gasteiger partial charge in [0.1, 0.15) is 5.00 Å². The molecule has 18 heavy (non-hydrogen) atoms. The molecule has 1 aliphatic rings. The van der Waals surface area contributed by atoms with Crippen molar-refractivity contribution in [2.75, 3.05) is 5.73 Å². The summed E-state index contributed by atoms with van der Waals surface area (Å²) in [6, 6.07) is 7.31. The Morgan fingerprint density at radius 2 is 1.67 bits per heavy atom. The van der Waals surface area contributed by atoms with Crippen LogP contribution in [0.3, 0.4) is 0 Å². The van der Waals surface area contributed by atoms with Crippen LogP contribution in [0.15, 0.2) is 40.4 Å². The molecule has 0 radical (unpaired) electrons. The SMILES string of the molecule is Cl.Nc1ccc(C2=C(Cl)CC(N)(Cl)C=C2Cl)cc1. The van der Waals surface area contributed by atoms with Crippen molar-refractivity contribution in [2.45, 2.75) is 11.4 Å². The van der Waals surface area contributed by atoms with Crippen LogP contribution in [0.5, 0.6) is 0 Å². The van der Waals surface area contributed by atoms with Crippen molar-refractivity contribution in [1.29, 1.82) is 0 Å². The van der Waals surface area contributed by atoms with E-state index in [1.165, 1.54) is 0 Å². The zero-order chi connectivity index (χ0) is 12.6. The Morgan fingerprint density at radius 1 is 1.11 bits per heavy atom. The number of hydrogen-bond acceptors (Lipinski definition) is 2. The third kappa shape index (κ3) is 3.34. The van der Waals surface area contributed by atoms with Gasteiger partial charge in [-0.05, 0) is 23.8 Å². The molecule has 1 atom stereocenters. The summed E-state index contributed by atoms with van der Waals surface area (Å²) < 4.78 is 0. The van der Waals surface area contributed by atoms with E-state index in [9.17, 15) is 0 Å². The Bertz CT molecular complexity index is 503. The van der Waals surface area contributed by atoms with Crippen molar-refractivity contribution < 1.29 is 0 Å². The summed E-state index contributed by atoms with van der Waals surface area (Å²) in [5.74, 6) is 0. The van der Waals surface area contributed by atoms with Gasteiger partial charge in [0.05, 0.1) is 0 Å². The lowest BCUT2D eigenvalue weighted by Gasteiger charge is -2.25. The molecule has 0 amide bonds. The second kappa shape index (κ2) is 5.72.